The van der Waals surface area contributed by atoms with Gasteiger partial charge in [-0.25, -0.2) is 0 Å². The van der Waals surface area contributed by atoms with Crippen LogP contribution in [0.5, 0.6) is 0 Å². The first-order valence-corrected chi connectivity index (χ1v) is 9.13. The van der Waals surface area contributed by atoms with E-state index in [9.17, 15) is 19.7 Å². The summed E-state index contributed by atoms with van der Waals surface area (Å²) in [6.45, 7) is 2.04. The molecule has 0 bridgehead atoms. The van der Waals surface area contributed by atoms with Gasteiger partial charge in [0.15, 0.2) is 0 Å². The maximum atomic E-state index is 12.4. The van der Waals surface area contributed by atoms with Gasteiger partial charge < -0.3 is 16.4 Å². The van der Waals surface area contributed by atoms with E-state index in [0.29, 0.717) is 22.5 Å². The molecule has 0 heterocycles. The third-order valence-electron chi connectivity index (χ3n) is 4.57. The number of carbonyl (C=O) groups excluding carboxylic acids is 2. The SMILES string of the molecule is Cc1ccc(NC(=O)c2ccccc2)cc1NCc1ccc(C(N)=O)cc1[N+](=O)[O-]. The second-order valence-corrected chi connectivity index (χ2v) is 6.67. The first kappa shape index (κ1) is 20.5. The fourth-order valence-corrected chi connectivity index (χ4v) is 2.91. The number of nitrogens with two attached hydrogens (primary N) is 1. The molecule has 0 fully saturated rings. The molecule has 3 rings (SSSR count). The van der Waals surface area contributed by atoms with E-state index in [4.69, 9.17) is 5.73 Å². The predicted molar refractivity (Wildman–Crippen MR) is 115 cm³/mol. The molecule has 0 aromatic heterocycles. The average Bonchev–Trinajstić information content (AvgIpc) is 2.74. The maximum Gasteiger partial charge on any atom is 0.275 e. The standard InChI is InChI=1S/C22H20N4O4/c1-14-7-10-18(25-22(28)15-5-3-2-4-6-15)12-19(14)24-13-17-9-8-16(21(23)27)11-20(17)26(29)30/h2-12,24H,13H2,1H3,(H2,23,27)(H,25,28). The molecule has 0 aliphatic rings. The molecule has 0 saturated carbocycles. The molecule has 0 aliphatic carbocycles. The highest BCUT2D eigenvalue weighted by molar-refractivity contribution is 6.04. The minimum absolute atomic E-state index is 0.0762. The topological polar surface area (TPSA) is 127 Å². The molecule has 8 heteroatoms. The van der Waals surface area contributed by atoms with Crippen molar-refractivity contribution in [3.63, 3.8) is 0 Å². The van der Waals surface area contributed by atoms with Gasteiger partial charge in [-0.15, -0.1) is 0 Å². The van der Waals surface area contributed by atoms with Crippen LogP contribution in [0.2, 0.25) is 0 Å². The third-order valence-corrected chi connectivity index (χ3v) is 4.57. The quantitative estimate of drug-likeness (QED) is 0.407. The van der Waals surface area contributed by atoms with Crippen molar-refractivity contribution in [2.24, 2.45) is 5.73 Å². The van der Waals surface area contributed by atoms with Gasteiger partial charge >= 0.3 is 0 Å². The van der Waals surface area contributed by atoms with E-state index < -0.39 is 10.8 Å². The van der Waals surface area contributed by atoms with Gasteiger partial charge in [0.1, 0.15) is 0 Å². The number of nitrogens with zero attached hydrogens (tertiary/aromatic N) is 1. The number of carbonyl (C=O) groups is 2. The van der Waals surface area contributed by atoms with Crippen molar-refractivity contribution in [2.45, 2.75) is 13.5 Å². The summed E-state index contributed by atoms with van der Waals surface area (Å²) in [5, 5.41) is 17.4. The van der Waals surface area contributed by atoms with Crippen molar-refractivity contribution in [3.8, 4) is 0 Å². The number of nitro benzene ring substituents is 1. The highest BCUT2D eigenvalue weighted by Crippen LogP contribution is 2.25. The van der Waals surface area contributed by atoms with Crippen LogP contribution >= 0.6 is 0 Å². The monoisotopic (exact) mass is 404 g/mol. The Morgan fingerprint density at radius 2 is 1.73 bits per heavy atom. The van der Waals surface area contributed by atoms with Crippen molar-refractivity contribution in [2.75, 3.05) is 10.6 Å². The van der Waals surface area contributed by atoms with E-state index >= 15 is 0 Å². The van der Waals surface area contributed by atoms with Crippen LogP contribution in [0, 0.1) is 17.0 Å². The molecule has 3 aromatic rings. The number of aryl methyl sites for hydroxylation is 1. The number of nitrogens with one attached hydrogen (secondary N) is 2. The molecular weight excluding hydrogens is 384 g/mol. The van der Waals surface area contributed by atoms with Crippen molar-refractivity contribution in [1.29, 1.82) is 0 Å². The van der Waals surface area contributed by atoms with E-state index in [1.165, 1.54) is 18.2 Å². The number of primary amides is 1. The molecule has 2 amide bonds. The summed E-state index contributed by atoms with van der Waals surface area (Å²) in [7, 11) is 0. The highest BCUT2D eigenvalue weighted by atomic mass is 16.6. The van der Waals surface area contributed by atoms with E-state index in [1.54, 1.807) is 36.4 Å². The van der Waals surface area contributed by atoms with Crippen LogP contribution in [0.3, 0.4) is 0 Å². The van der Waals surface area contributed by atoms with Crippen molar-refractivity contribution in [3.05, 3.63) is 99.1 Å². The first-order chi connectivity index (χ1) is 14.3. The zero-order valence-electron chi connectivity index (χ0n) is 16.2. The first-order valence-electron chi connectivity index (χ1n) is 9.13. The zero-order chi connectivity index (χ0) is 21.7. The molecule has 152 valence electrons. The largest absolute Gasteiger partial charge is 0.380 e. The summed E-state index contributed by atoms with van der Waals surface area (Å²) in [6, 6.07) is 18.4. The van der Waals surface area contributed by atoms with Gasteiger partial charge in [-0.05, 0) is 48.9 Å². The zero-order valence-corrected chi connectivity index (χ0v) is 16.2. The number of nitro groups is 1. The number of benzene rings is 3. The van der Waals surface area contributed by atoms with E-state index in [1.807, 2.05) is 19.1 Å². The summed E-state index contributed by atoms with van der Waals surface area (Å²) in [4.78, 5) is 34.5. The molecular formula is C22H20N4O4. The molecule has 0 atom stereocenters. The molecule has 30 heavy (non-hydrogen) atoms. The number of hydrogen-bond acceptors (Lipinski definition) is 5. The Balaban J connectivity index is 1.77. The van der Waals surface area contributed by atoms with Gasteiger partial charge in [0.05, 0.1) is 4.92 Å². The predicted octanol–water partition coefficient (Wildman–Crippen LogP) is 3.87. The van der Waals surface area contributed by atoms with Crippen molar-refractivity contribution in [1.82, 2.24) is 0 Å². The number of hydrogen-bond donors (Lipinski definition) is 3. The van der Waals surface area contributed by atoms with Gasteiger partial charge in [0, 0.05) is 40.7 Å². The lowest BCUT2D eigenvalue weighted by Crippen LogP contribution is -2.13. The van der Waals surface area contributed by atoms with Crippen molar-refractivity contribution < 1.29 is 14.5 Å². The van der Waals surface area contributed by atoms with Crippen LogP contribution < -0.4 is 16.4 Å². The van der Waals surface area contributed by atoms with Crippen LogP contribution in [-0.4, -0.2) is 16.7 Å². The fourth-order valence-electron chi connectivity index (χ4n) is 2.91. The minimum atomic E-state index is -0.727. The summed E-state index contributed by atoms with van der Waals surface area (Å²) >= 11 is 0. The Morgan fingerprint density at radius 3 is 2.40 bits per heavy atom. The number of rotatable bonds is 7. The van der Waals surface area contributed by atoms with Crippen LogP contribution in [0.1, 0.15) is 31.8 Å². The minimum Gasteiger partial charge on any atom is -0.380 e. The van der Waals surface area contributed by atoms with E-state index in [-0.39, 0.29) is 23.7 Å². The molecule has 0 unspecified atom stereocenters. The molecule has 3 aromatic carbocycles. The van der Waals surface area contributed by atoms with Crippen LogP contribution in [0.4, 0.5) is 17.1 Å². The second kappa shape index (κ2) is 8.87. The summed E-state index contributed by atoms with van der Waals surface area (Å²) in [6.07, 6.45) is 0. The molecule has 0 aliphatic heterocycles. The van der Waals surface area contributed by atoms with E-state index in [0.717, 1.165) is 5.56 Å². The summed E-state index contributed by atoms with van der Waals surface area (Å²) < 4.78 is 0. The van der Waals surface area contributed by atoms with Gasteiger partial charge in [0.2, 0.25) is 5.91 Å². The Hall–Kier alpha value is -4.20. The average molecular weight is 404 g/mol. The normalized spacial score (nSPS) is 10.3. The molecule has 4 N–H and O–H groups in total. The van der Waals surface area contributed by atoms with Gasteiger partial charge in [-0.2, -0.15) is 0 Å². The molecule has 8 nitrogen and oxygen atoms in total. The van der Waals surface area contributed by atoms with Crippen LogP contribution in [0.25, 0.3) is 0 Å². The highest BCUT2D eigenvalue weighted by Gasteiger charge is 2.16. The smallest absolute Gasteiger partial charge is 0.275 e. The maximum absolute atomic E-state index is 12.4. The lowest BCUT2D eigenvalue weighted by Gasteiger charge is -2.13. The Bertz CT molecular complexity index is 1110. The number of anilines is 2. The van der Waals surface area contributed by atoms with Crippen molar-refractivity contribution >= 4 is 28.9 Å². The number of amides is 2. The van der Waals surface area contributed by atoms with E-state index in [2.05, 4.69) is 10.6 Å². The molecule has 0 radical (unpaired) electrons. The lowest BCUT2D eigenvalue weighted by molar-refractivity contribution is -0.385. The Kier molecular flexibility index (Phi) is 6.07. The fraction of sp³-hybridized carbons (Fsp3) is 0.0909. The van der Waals surface area contributed by atoms with Gasteiger partial charge in [-0.3, -0.25) is 19.7 Å². The van der Waals surface area contributed by atoms with Crippen LogP contribution in [-0.2, 0) is 6.54 Å². The Labute approximate surface area is 172 Å². The van der Waals surface area contributed by atoms with Gasteiger partial charge in [0.25, 0.3) is 11.6 Å². The lowest BCUT2D eigenvalue weighted by atomic mass is 10.1. The van der Waals surface area contributed by atoms with Crippen LogP contribution in [0.15, 0.2) is 66.7 Å². The van der Waals surface area contributed by atoms with Gasteiger partial charge in [-0.1, -0.05) is 24.3 Å². The third kappa shape index (κ3) is 4.79. The molecule has 0 spiro atoms. The summed E-state index contributed by atoms with van der Waals surface area (Å²) in [5.41, 5.74) is 8.25. The summed E-state index contributed by atoms with van der Waals surface area (Å²) in [5.74, 6) is -0.960. The second-order valence-electron chi connectivity index (χ2n) is 6.67. The molecule has 0 saturated heterocycles. The Morgan fingerprint density at radius 1 is 1.00 bits per heavy atom.